The van der Waals surface area contributed by atoms with Gasteiger partial charge < -0.3 is 0 Å². The van der Waals surface area contributed by atoms with E-state index in [4.69, 9.17) is 0 Å². The van der Waals surface area contributed by atoms with Crippen LogP contribution in [0, 0.1) is 0 Å². The molecule has 0 spiro atoms. The van der Waals surface area contributed by atoms with Crippen LogP contribution < -0.4 is 9.44 Å². The van der Waals surface area contributed by atoms with Crippen LogP contribution in [0.4, 0.5) is 11.4 Å². The van der Waals surface area contributed by atoms with Gasteiger partial charge in [0.2, 0.25) is 20.0 Å². The van der Waals surface area contributed by atoms with Crippen LogP contribution in [0.25, 0.3) is 0 Å². The maximum absolute atomic E-state index is 12.3. The summed E-state index contributed by atoms with van der Waals surface area (Å²) in [5, 5.41) is 0. The van der Waals surface area contributed by atoms with Crippen molar-refractivity contribution < 1.29 is 16.8 Å². The van der Waals surface area contributed by atoms with E-state index in [-0.39, 0.29) is 11.5 Å². The topological polar surface area (TPSA) is 92.3 Å². The molecule has 0 aliphatic carbocycles. The summed E-state index contributed by atoms with van der Waals surface area (Å²) in [5.41, 5.74) is 2.09. The highest BCUT2D eigenvalue weighted by atomic mass is 32.2. The summed E-state index contributed by atoms with van der Waals surface area (Å²) in [6.07, 6.45) is 0. The Labute approximate surface area is 165 Å². The molecule has 28 heavy (non-hydrogen) atoms. The Balaban J connectivity index is 1.63. The Hall–Kier alpha value is -2.84. The van der Waals surface area contributed by atoms with Crippen LogP contribution >= 0.6 is 0 Å². The number of sulfonamides is 2. The van der Waals surface area contributed by atoms with Crippen LogP contribution in [0.5, 0.6) is 0 Å². The van der Waals surface area contributed by atoms with Crippen molar-refractivity contribution in [1.29, 1.82) is 0 Å². The number of hydrogen-bond donors (Lipinski definition) is 2. The summed E-state index contributed by atoms with van der Waals surface area (Å²) in [4.78, 5) is 0. The van der Waals surface area contributed by atoms with Crippen LogP contribution in [-0.4, -0.2) is 16.8 Å². The van der Waals surface area contributed by atoms with Gasteiger partial charge in [0.05, 0.1) is 11.5 Å². The molecule has 3 rings (SSSR count). The number of benzene rings is 3. The van der Waals surface area contributed by atoms with Gasteiger partial charge in [0.1, 0.15) is 0 Å². The molecule has 0 fully saturated rings. The van der Waals surface area contributed by atoms with Gasteiger partial charge in [0.25, 0.3) is 0 Å². The third-order valence-corrected chi connectivity index (χ3v) is 6.35. The molecule has 0 bridgehead atoms. The van der Waals surface area contributed by atoms with E-state index in [1.165, 1.54) is 24.3 Å². The van der Waals surface area contributed by atoms with Gasteiger partial charge in [0, 0.05) is 11.4 Å². The van der Waals surface area contributed by atoms with E-state index >= 15 is 0 Å². The predicted molar refractivity (Wildman–Crippen MR) is 112 cm³/mol. The van der Waals surface area contributed by atoms with Gasteiger partial charge in [-0.05, 0) is 35.4 Å². The maximum atomic E-state index is 12.3. The van der Waals surface area contributed by atoms with Crippen molar-refractivity contribution >= 4 is 31.4 Å². The smallest absolute Gasteiger partial charge is 0.236 e. The monoisotopic (exact) mass is 416 g/mol. The Morgan fingerprint density at radius 1 is 0.500 bits per heavy atom. The Morgan fingerprint density at radius 2 is 0.821 bits per heavy atom. The molecule has 0 unspecified atom stereocenters. The first kappa shape index (κ1) is 19.9. The van der Waals surface area contributed by atoms with Crippen molar-refractivity contribution in [1.82, 2.24) is 0 Å². The average Bonchev–Trinajstić information content (AvgIpc) is 2.64. The van der Waals surface area contributed by atoms with Gasteiger partial charge in [0.15, 0.2) is 0 Å². The second kappa shape index (κ2) is 8.45. The van der Waals surface area contributed by atoms with E-state index in [0.29, 0.717) is 22.5 Å². The van der Waals surface area contributed by atoms with E-state index in [9.17, 15) is 16.8 Å². The molecule has 146 valence electrons. The minimum Gasteiger partial charge on any atom is -0.283 e. The van der Waals surface area contributed by atoms with Crippen molar-refractivity contribution in [3.63, 3.8) is 0 Å². The van der Waals surface area contributed by atoms with Gasteiger partial charge in [-0.3, -0.25) is 9.44 Å². The molecule has 0 aromatic heterocycles. The molecule has 3 aromatic rings. The zero-order valence-corrected chi connectivity index (χ0v) is 16.6. The molecule has 2 N–H and O–H groups in total. The normalized spacial score (nSPS) is 11.7. The van der Waals surface area contributed by atoms with E-state index in [1.54, 1.807) is 48.5 Å². The molecular formula is C20H20N2O4S2. The number of rotatable bonds is 8. The molecule has 0 atom stereocenters. The first-order valence-electron chi connectivity index (χ1n) is 8.50. The summed E-state index contributed by atoms with van der Waals surface area (Å²) < 4.78 is 54.0. The Kier molecular flexibility index (Phi) is 6.01. The molecule has 0 amide bonds. The lowest BCUT2D eigenvalue weighted by Crippen LogP contribution is -2.16. The predicted octanol–water partition coefficient (Wildman–Crippen LogP) is 3.57. The summed E-state index contributed by atoms with van der Waals surface area (Å²) in [6.45, 7) is 0. The van der Waals surface area contributed by atoms with E-state index in [2.05, 4.69) is 9.44 Å². The Bertz CT molecular complexity index is 1020. The lowest BCUT2D eigenvalue weighted by atomic mass is 10.2. The van der Waals surface area contributed by atoms with E-state index in [1.807, 2.05) is 12.1 Å². The lowest BCUT2D eigenvalue weighted by Gasteiger charge is -2.11. The van der Waals surface area contributed by atoms with Crippen LogP contribution in [0.2, 0.25) is 0 Å². The van der Waals surface area contributed by atoms with Crippen molar-refractivity contribution in [2.24, 2.45) is 0 Å². The molecular weight excluding hydrogens is 396 g/mol. The van der Waals surface area contributed by atoms with Gasteiger partial charge >= 0.3 is 0 Å². The lowest BCUT2D eigenvalue weighted by molar-refractivity contribution is 0.598. The maximum Gasteiger partial charge on any atom is 0.236 e. The second-order valence-corrected chi connectivity index (χ2v) is 9.72. The first-order chi connectivity index (χ1) is 13.3. The average molecular weight is 417 g/mol. The molecule has 0 aliphatic rings. The highest BCUT2D eigenvalue weighted by Crippen LogP contribution is 2.18. The highest BCUT2D eigenvalue weighted by Gasteiger charge is 2.13. The van der Waals surface area contributed by atoms with E-state index < -0.39 is 20.0 Å². The quantitative estimate of drug-likeness (QED) is 0.587. The third kappa shape index (κ3) is 6.11. The minimum absolute atomic E-state index is 0.140. The van der Waals surface area contributed by atoms with Crippen molar-refractivity contribution in [3.8, 4) is 0 Å². The van der Waals surface area contributed by atoms with E-state index in [0.717, 1.165) is 0 Å². The summed E-state index contributed by atoms with van der Waals surface area (Å²) >= 11 is 0. The zero-order chi connectivity index (χ0) is 20.0. The van der Waals surface area contributed by atoms with Gasteiger partial charge in [-0.2, -0.15) is 0 Å². The van der Waals surface area contributed by atoms with Crippen molar-refractivity contribution in [3.05, 3.63) is 96.1 Å². The number of hydrogen-bond acceptors (Lipinski definition) is 4. The SMILES string of the molecule is O=S(=O)(Cc1ccccc1)Nc1ccc(NS(=O)(=O)Cc2ccccc2)cc1. The van der Waals surface area contributed by atoms with Gasteiger partial charge in [-0.15, -0.1) is 0 Å². The molecule has 6 nitrogen and oxygen atoms in total. The first-order valence-corrected chi connectivity index (χ1v) is 11.8. The summed E-state index contributed by atoms with van der Waals surface area (Å²) in [6, 6.07) is 23.8. The standard InChI is InChI=1S/C20H20N2O4S2/c23-27(24,15-17-7-3-1-4-8-17)21-19-11-13-20(14-12-19)22-28(25,26)16-18-9-5-2-6-10-18/h1-14,21-22H,15-16H2. The number of anilines is 2. The molecule has 3 aromatic carbocycles. The summed E-state index contributed by atoms with van der Waals surface area (Å²) in [5.74, 6) is -0.279. The molecule has 0 saturated carbocycles. The highest BCUT2D eigenvalue weighted by molar-refractivity contribution is 7.92. The largest absolute Gasteiger partial charge is 0.283 e. The fourth-order valence-electron chi connectivity index (χ4n) is 2.62. The van der Waals surface area contributed by atoms with Gasteiger partial charge in [-0.1, -0.05) is 60.7 Å². The Morgan fingerprint density at radius 3 is 1.14 bits per heavy atom. The third-order valence-electron chi connectivity index (χ3n) is 3.83. The molecule has 8 heteroatoms. The van der Waals surface area contributed by atoms with Crippen LogP contribution in [-0.2, 0) is 31.6 Å². The molecule has 0 heterocycles. The molecule has 0 radical (unpaired) electrons. The minimum atomic E-state index is -3.57. The van der Waals surface area contributed by atoms with Crippen LogP contribution in [0.15, 0.2) is 84.9 Å². The molecule has 0 aliphatic heterocycles. The zero-order valence-electron chi connectivity index (χ0n) is 14.9. The fourth-order valence-corrected chi connectivity index (χ4v) is 5.02. The van der Waals surface area contributed by atoms with Gasteiger partial charge in [-0.25, -0.2) is 16.8 Å². The van der Waals surface area contributed by atoms with Crippen molar-refractivity contribution in [2.45, 2.75) is 11.5 Å². The second-order valence-electron chi connectivity index (χ2n) is 6.27. The summed E-state index contributed by atoms with van der Waals surface area (Å²) in [7, 11) is -7.13. The van der Waals surface area contributed by atoms with Crippen LogP contribution in [0.3, 0.4) is 0 Å². The molecule has 0 saturated heterocycles. The van der Waals surface area contributed by atoms with Crippen molar-refractivity contribution in [2.75, 3.05) is 9.44 Å². The number of nitrogens with one attached hydrogen (secondary N) is 2. The van der Waals surface area contributed by atoms with Crippen LogP contribution in [0.1, 0.15) is 11.1 Å². The fraction of sp³-hybridized carbons (Fsp3) is 0.100.